The summed E-state index contributed by atoms with van der Waals surface area (Å²) in [5.74, 6) is -9.76. The molecule has 0 saturated carbocycles. The molecule has 418 valence electrons. The summed E-state index contributed by atoms with van der Waals surface area (Å²) in [6.45, 7) is 22.0. The van der Waals surface area contributed by atoms with E-state index in [0.717, 1.165) is 38.5 Å². The molecule has 73 heavy (non-hydrogen) atoms. The number of aliphatic carboxylic acids is 1. The summed E-state index contributed by atoms with van der Waals surface area (Å²) >= 11 is 0. The van der Waals surface area contributed by atoms with Crippen LogP contribution in [-0.4, -0.2) is 113 Å². The second kappa shape index (κ2) is 34.2. The summed E-state index contributed by atoms with van der Waals surface area (Å²) in [6, 6.07) is -9.49. The maximum atomic E-state index is 14.3. The highest BCUT2D eigenvalue weighted by atomic mass is 16.5. The predicted molar refractivity (Wildman–Crippen MR) is 278 cm³/mol. The number of carbonyl (C=O) groups excluding carboxylic acids is 9. The number of nitrogens with two attached hydrogens (primary N) is 1. The molecule has 1 saturated heterocycles. The molecule has 0 aromatic carbocycles. The van der Waals surface area contributed by atoms with E-state index in [0.29, 0.717) is 18.8 Å². The zero-order valence-corrected chi connectivity index (χ0v) is 46.1. The Balaban J connectivity index is 3.96. The van der Waals surface area contributed by atoms with Crippen LogP contribution in [0.5, 0.6) is 0 Å². The number of carboxylic acid groups (broad SMARTS) is 1. The molecule has 20 heteroatoms. The minimum absolute atomic E-state index is 0.0459. The maximum absolute atomic E-state index is 14.3. The van der Waals surface area contributed by atoms with Gasteiger partial charge in [-0.1, -0.05) is 134 Å². The van der Waals surface area contributed by atoms with Gasteiger partial charge in [-0.15, -0.1) is 0 Å². The average molecular weight is 1040 g/mol. The third-order valence-electron chi connectivity index (χ3n) is 12.9. The number of ether oxygens (including phenoxy) is 1. The van der Waals surface area contributed by atoms with Crippen LogP contribution in [0.25, 0.3) is 0 Å². The first-order chi connectivity index (χ1) is 34.1. The van der Waals surface area contributed by atoms with E-state index in [-0.39, 0.29) is 56.3 Å². The van der Waals surface area contributed by atoms with E-state index < -0.39 is 132 Å². The van der Waals surface area contributed by atoms with Crippen LogP contribution in [0.15, 0.2) is 0 Å². The molecule has 1 aliphatic rings. The molecule has 8 amide bonds. The fourth-order valence-electron chi connectivity index (χ4n) is 8.55. The van der Waals surface area contributed by atoms with Gasteiger partial charge in [0.2, 0.25) is 47.3 Å². The number of carboxylic acids is 1. The molecule has 0 aliphatic carbocycles. The first-order valence-electron chi connectivity index (χ1n) is 27.0. The smallest absolute Gasteiger partial charge is 0.329 e. The van der Waals surface area contributed by atoms with Gasteiger partial charge in [-0.2, -0.15) is 0 Å². The number of hydrogen-bond donors (Lipinski definition) is 9. The molecule has 1 heterocycles. The number of carbonyl (C=O) groups is 10. The molecule has 0 bridgehead atoms. The lowest BCUT2D eigenvalue weighted by Gasteiger charge is -2.30. The molecule has 0 spiro atoms. The van der Waals surface area contributed by atoms with Crippen molar-refractivity contribution < 1.29 is 57.8 Å². The van der Waals surface area contributed by atoms with E-state index in [1.54, 1.807) is 34.6 Å². The number of hydrogen-bond acceptors (Lipinski definition) is 11. The van der Waals surface area contributed by atoms with Crippen molar-refractivity contribution >= 4 is 59.2 Å². The molecule has 1 rings (SSSR count). The largest absolute Gasteiger partial charge is 0.481 e. The van der Waals surface area contributed by atoms with Crippen molar-refractivity contribution in [3.63, 3.8) is 0 Å². The molecular weight excluding hydrogens is 941 g/mol. The Hall–Kier alpha value is -5.30. The summed E-state index contributed by atoms with van der Waals surface area (Å²) < 4.78 is 6.08. The Bertz CT molecular complexity index is 1810. The van der Waals surface area contributed by atoms with E-state index in [1.165, 1.54) is 6.42 Å². The Morgan fingerprint density at radius 1 is 0.534 bits per heavy atom. The average Bonchev–Trinajstić information content (AvgIpc) is 3.27. The van der Waals surface area contributed by atoms with Gasteiger partial charge >= 0.3 is 11.9 Å². The number of nitrogens with one attached hydrogen (secondary N) is 7. The van der Waals surface area contributed by atoms with E-state index >= 15 is 0 Å². The van der Waals surface area contributed by atoms with Crippen LogP contribution in [0.1, 0.15) is 192 Å². The highest BCUT2D eigenvalue weighted by molar-refractivity contribution is 5.98. The third kappa shape index (κ3) is 27.0. The summed E-state index contributed by atoms with van der Waals surface area (Å²) in [5, 5.41) is 28.5. The number of rotatable bonds is 24. The van der Waals surface area contributed by atoms with Crippen molar-refractivity contribution in [2.75, 3.05) is 0 Å². The van der Waals surface area contributed by atoms with E-state index in [9.17, 15) is 53.1 Å². The SMILES string of the molecule is CC[C@H](C)[C@@H]1NC(=O)[C@@H](CC(C)C)NC(=O)[C@H](CC(=O)O)NC(=O)[C@H](C(C)C)NC(=O)[C@@H](CC(C)C)NC(=O)[C@H](CC(C)C)NC(=O)[C@H](CCC(N)=O)NC(=O)C[C@@H](CCCCCCCCCC(C)C)OC1=O. The van der Waals surface area contributed by atoms with Crippen LogP contribution >= 0.6 is 0 Å². The Morgan fingerprint density at radius 3 is 1.40 bits per heavy atom. The second-order valence-corrected chi connectivity index (χ2v) is 22.2. The van der Waals surface area contributed by atoms with Crippen molar-refractivity contribution in [2.24, 2.45) is 41.2 Å². The number of amides is 8. The van der Waals surface area contributed by atoms with Crippen LogP contribution < -0.4 is 43.0 Å². The Morgan fingerprint density at radius 2 is 0.959 bits per heavy atom. The molecule has 1 fully saturated rings. The quantitative estimate of drug-likeness (QED) is 0.0479. The molecule has 0 aromatic heterocycles. The Kier molecular flexibility index (Phi) is 30.8. The topological polar surface area (TPSA) is 310 Å². The van der Waals surface area contributed by atoms with E-state index in [1.807, 2.05) is 34.6 Å². The zero-order chi connectivity index (χ0) is 55.5. The summed E-state index contributed by atoms with van der Waals surface area (Å²) in [7, 11) is 0. The van der Waals surface area contributed by atoms with Crippen molar-refractivity contribution in [2.45, 2.75) is 241 Å². The summed E-state index contributed by atoms with van der Waals surface area (Å²) in [5.41, 5.74) is 5.49. The zero-order valence-electron chi connectivity index (χ0n) is 46.1. The molecule has 20 nitrogen and oxygen atoms in total. The van der Waals surface area contributed by atoms with Gasteiger partial charge in [0, 0.05) is 6.42 Å². The lowest BCUT2D eigenvalue weighted by molar-refractivity contribution is -0.156. The highest BCUT2D eigenvalue weighted by Crippen LogP contribution is 2.20. The molecular formula is C53H94N8O12. The van der Waals surface area contributed by atoms with Crippen molar-refractivity contribution in [1.29, 1.82) is 0 Å². The molecule has 0 unspecified atom stereocenters. The van der Waals surface area contributed by atoms with Gasteiger partial charge in [0.25, 0.3) is 0 Å². The van der Waals surface area contributed by atoms with Gasteiger partial charge in [-0.3, -0.25) is 43.2 Å². The lowest BCUT2D eigenvalue weighted by atomic mass is 9.97. The number of unbranched alkanes of at least 4 members (excludes halogenated alkanes) is 6. The molecule has 1 aliphatic heterocycles. The fraction of sp³-hybridized carbons (Fsp3) is 0.811. The molecule has 0 aromatic rings. The number of esters is 1. The normalized spacial score (nSPS) is 24.4. The van der Waals surface area contributed by atoms with Crippen LogP contribution in [0.2, 0.25) is 0 Å². The Labute approximate surface area is 434 Å². The first kappa shape index (κ1) is 65.7. The summed E-state index contributed by atoms with van der Waals surface area (Å²) in [6.07, 6.45) is 5.88. The van der Waals surface area contributed by atoms with Gasteiger partial charge < -0.3 is 52.8 Å². The summed E-state index contributed by atoms with van der Waals surface area (Å²) in [4.78, 5) is 137. The van der Waals surface area contributed by atoms with E-state index in [2.05, 4.69) is 51.1 Å². The van der Waals surface area contributed by atoms with Crippen molar-refractivity contribution in [3.05, 3.63) is 0 Å². The van der Waals surface area contributed by atoms with Crippen LogP contribution in [0.4, 0.5) is 0 Å². The maximum Gasteiger partial charge on any atom is 0.329 e. The minimum Gasteiger partial charge on any atom is -0.481 e. The number of primary amides is 1. The molecule has 0 radical (unpaired) electrons. The van der Waals surface area contributed by atoms with E-state index in [4.69, 9.17) is 10.5 Å². The minimum atomic E-state index is -1.72. The van der Waals surface area contributed by atoms with Crippen LogP contribution in [0.3, 0.4) is 0 Å². The standard InChI is InChI=1S/C53H94N8O12/c1-13-35(12)46-53(72)73-36(22-20-18-16-14-15-17-19-21-30(2)3)28-43(63)55-37(23-24-42(54)62)47(66)56-38(25-31(4)5)48(67)57-39(26-32(6)7)50(69)60-45(34(10)11)52(71)59-41(29-44(64)65)49(68)58-40(27-33(8)9)51(70)61-46/h30-41,45-46H,13-29H2,1-12H3,(H2,54,62)(H,55,63)(H,56,66)(H,57,67)(H,58,68)(H,59,71)(H,60,69)(H,61,70)(H,64,65)/t35-,36+,37-,38-,39+,40+,41-,45-,46-/m0/s1. The van der Waals surface area contributed by atoms with Crippen LogP contribution in [-0.2, 0) is 52.7 Å². The predicted octanol–water partition coefficient (Wildman–Crippen LogP) is 4.44. The van der Waals surface area contributed by atoms with Crippen LogP contribution in [0, 0.1) is 35.5 Å². The van der Waals surface area contributed by atoms with Crippen molar-refractivity contribution in [3.8, 4) is 0 Å². The third-order valence-corrected chi connectivity index (χ3v) is 12.9. The van der Waals surface area contributed by atoms with Gasteiger partial charge in [0.05, 0.1) is 12.8 Å². The number of cyclic esters (lactones) is 1. The van der Waals surface area contributed by atoms with Gasteiger partial charge in [0.15, 0.2) is 0 Å². The lowest BCUT2D eigenvalue weighted by Crippen LogP contribution is -2.61. The van der Waals surface area contributed by atoms with Gasteiger partial charge in [-0.05, 0) is 74.0 Å². The highest BCUT2D eigenvalue weighted by Gasteiger charge is 2.38. The molecule has 9 atom stereocenters. The monoisotopic (exact) mass is 1030 g/mol. The second-order valence-electron chi connectivity index (χ2n) is 22.2. The van der Waals surface area contributed by atoms with Gasteiger partial charge in [-0.25, -0.2) is 4.79 Å². The van der Waals surface area contributed by atoms with Gasteiger partial charge in [0.1, 0.15) is 48.4 Å². The van der Waals surface area contributed by atoms with Crippen molar-refractivity contribution in [1.82, 2.24) is 37.2 Å². The fourth-order valence-corrected chi connectivity index (χ4v) is 8.55. The molecule has 10 N–H and O–H groups in total. The first-order valence-corrected chi connectivity index (χ1v) is 27.0.